The minimum Gasteiger partial charge on any atom is -0.383 e. The molecule has 1 aromatic rings. The van der Waals surface area contributed by atoms with Gasteiger partial charge in [0.25, 0.3) is 0 Å². The molecule has 0 saturated carbocycles. The van der Waals surface area contributed by atoms with Crippen molar-refractivity contribution < 1.29 is 26.3 Å². The monoisotopic (exact) mass is 326 g/mol. The largest absolute Gasteiger partial charge is 0.433 e. The lowest BCUT2D eigenvalue weighted by molar-refractivity contribution is -0.141. The molecule has 0 saturated heterocycles. The van der Waals surface area contributed by atoms with Crippen LogP contribution in [0.3, 0.4) is 0 Å². The minimum atomic E-state index is -4.60. The van der Waals surface area contributed by atoms with Crippen LogP contribution in [0.15, 0.2) is 23.2 Å². The summed E-state index contributed by atoms with van der Waals surface area (Å²) < 4.78 is 68.1. The number of hydrogen-bond acceptors (Lipinski definition) is 4. The maximum absolute atomic E-state index is 12.4. The highest BCUT2D eigenvalue weighted by Crippen LogP contribution is 2.28. The topological polar surface area (TPSA) is 59.5 Å². The number of sulfonamides is 1. The molecule has 0 spiro atoms. The van der Waals surface area contributed by atoms with Gasteiger partial charge in [-0.25, -0.2) is 8.42 Å². The standard InChI is InChI=1S/C12H17F3N2O3S/c1-4-17(9(2)8-20-3)21(18,19)10-5-6-11(16-7-10)12(13,14)15/h5-7,9H,4,8H2,1-3H3/t9-/m0/s1. The number of nitrogens with zero attached hydrogens (tertiary/aromatic N) is 2. The van der Waals surface area contributed by atoms with Crippen LogP contribution in [-0.2, 0) is 20.9 Å². The molecular weight excluding hydrogens is 309 g/mol. The predicted molar refractivity (Wildman–Crippen MR) is 70.1 cm³/mol. The first-order valence-electron chi connectivity index (χ1n) is 6.18. The fourth-order valence-corrected chi connectivity index (χ4v) is 3.45. The van der Waals surface area contributed by atoms with Gasteiger partial charge in [-0.1, -0.05) is 6.92 Å². The molecule has 1 atom stereocenters. The number of ether oxygens (including phenoxy) is 1. The number of aromatic nitrogens is 1. The number of alkyl halides is 3. The van der Waals surface area contributed by atoms with Gasteiger partial charge in [0, 0.05) is 25.9 Å². The van der Waals surface area contributed by atoms with Crippen molar-refractivity contribution in [3.63, 3.8) is 0 Å². The average Bonchev–Trinajstić information content (AvgIpc) is 2.38. The van der Waals surface area contributed by atoms with E-state index in [1.807, 2.05) is 0 Å². The fourth-order valence-electron chi connectivity index (χ4n) is 1.88. The highest BCUT2D eigenvalue weighted by atomic mass is 32.2. The highest BCUT2D eigenvalue weighted by molar-refractivity contribution is 7.89. The van der Waals surface area contributed by atoms with Crippen molar-refractivity contribution in [2.45, 2.75) is 31.0 Å². The van der Waals surface area contributed by atoms with E-state index in [0.717, 1.165) is 16.6 Å². The molecule has 1 aromatic heterocycles. The number of pyridine rings is 1. The molecule has 0 bridgehead atoms. The Morgan fingerprint density at radius 2 is 2.00 bits per heavy atom. The zero-order valence-electron chi connectivity index (χ0n) is 11.9. The van der Waals surface area contributed by atoms with Gasteiger partial charge in [-0.2, -0.15) is 17.5 Å². The molecule has 1 heterocycles. The number of likely N-dealkylation sites (N-methyl/N-ethyl adjacent to an activating group) is 1. The van der Waals surface area contributed by atoms with E-state index in [0.29, 0.717) is 6.07 Å². The Morgan fingerprint density at radius 1 is 1.38 bits per heavy atom. The third-order valence-corrected chi connectivity index (χ3v) is 4.92. The summed E-state index contributed by atoms with van der Waals surface area (Å²) in [5, 5.41) is 0. The van der Waals surface area contributed by atoms with Crippen LogP contribution in [0.1, 0.15) is 19.5 Å². The summed E-state index contributed by atoms with van der Waals surface area (Å²) in [4.78, 5) is 2.90. The smallest absolute Gasteiger partial charge is 0.383 e. The summed E-state index contributed by atoms with van der Waals surface area (Å²) in [6.07, 6.45) is -3.88. The third kappa shape index (κ3) is 4.14. The first kappa shape index (κ1) is 17.9. The van der Waals surface area contributed by atoms with Gasteiger partial charge in [-0.05, 0) is 19.1 Å². The minimum absolute atomic E-state index is 0.174. The van der Waals surface area contributed by atoms with E-state index in [1.165, 1.54) is 7.11 Å². The molecule has 120 valence electrons. The van der Waals surface area contributed by atoms with Crippen molar-refractivity contribution >= 4 is 10.0 Å². The average molecular weight is 326 g/mol. The zero-order chi connectivity index (χ0) is 16.3. The molecule has 0 aromatic carbocycles. The molecule has 0 aliphatic heterocycles. The summed E-state index contributed by atoms with van der Waals surface area (Å²) in [7, 11) is -2.47. The zero-order valence-corrected chi connectivity index (χ0v) is 12.7. The van der Waals surface area contributed by atoms with Crippen molar-refractivity contribution in [3.05, 3.63) is 24.0 Å². The molecule has 0 aliphatic carbocycles. The summed E-state index contributed by atoms with van der Waals surface area (Å²) >= 11 is 0. The van der Waals surface area contributed by atoms with Crippen LogP contribution in [-0.4, -0.2) is 44.0 Å². The van der Waals surface area contributed by atoms with Gasteiger partial charge in [0.1, 0.15) is 10.6 Å². The number of methoxy groups -OCH3 is 1. The van der Waals surface area contributed by atoms with Crippen molar-refractivity contribution in [1.82, 2.24) is 9.29 Å². The number of rotatable bonds is 6. The Hall–Kier alpha value is -1.19. The first-order chi connectivity index (χ1) is 9.64. The van der Waals surface area contributed by atoms with Crippen molar-refractivity contribution in [2.24, 2.45) is 0 Å². The van der Waals surface area contributed by atoms with E-state index in [-0.39, 0.29) is 18.0 Å². The lowest BCUT2D eigenvalue weighted by Gasteiger charge is -2.26. The van der Waals surface area contributed by atoms with E-state index in [4.69, 9.17) is 4.74 Å². The molecule has 0 N–H and O–H groups in total. The van der Waals surface area contributed by atoms with Crippen LogP contribution in [0.25, 0.3) is 0 Å². The number of hydrogen-bond donors (Lipinski definition) is 0. The molecule has 0 radical (unpaired) electrons. The quantitative estimate of drug-likeness (QED) is 0.804. The van der Waals surface area contributed by atoms with Crippen LogP contribution in [0, 0.1) is 0 Å². The van der Waals surface area contributed by atoms with E-state index in [2.05, 4.69) is 4.98 Å². The normalized spacial score (nSPS) is 14.4. The van der Waals surface area contributed by atoms with Crippen molar-refractivity contribution in [1.29, 1.82) is 0 Å². The van der Waals surface area contributed by atoms with Gasteiger partial charge in [0.15, 0.2) is 0 Å². The SMILES string of the molecule is CCN([C@@H](C)COC)S(=O)(=O)c1ccc(C(F)(F)F)nc1. The summed E-state index contributed by atoms with van der Waals surface area (Å²) in [5.41, 5.74) is -1.13. The second kappa shape index (κ2) is 6.71. The highest BCUT2D eigenvalue weighted by Gasteiger charge is 2.34. The van der Waals surface area contributed by atoms with Crippen molar-refractivity contribution in [2.75, 3.05) is 20.3 Å². The second-order valence-electron chi connectivity index (χ2n) is 4.39. The summed E-state index contributed by atoms with van der Waals surface area (Å²) in [6.45, 7) is 3.65. The van der Waals surface area contributed by atoms with Gasteiger partial charge in [0.2, 0.25) is 10.0 Å². The summed E-state index contributed by atoms with van der Waals surface area (Å²) in [5.74, 6) is 0. The molecule has 0 aliphatic rings. The molecule has 1 rings (SSSR count). The maximum atomic E-state index is 12.4. The summed E-state index contributed by atoms with van der Waals surface area (Å²) in [6, 6.07) is 1.13. The third-order valence-electron chi connectivity index (χ3n) is 2.84. The van der Waals surface area contributed by atoms with Crippen LogP contribution in [0.2, 0.25) is 0 Å². The van der Waals surface area contributed by atoms with Gasteiger partial charge in [-0.3, -0.25) is 4.98 Å². The first-order valence-corrected chi connectivity index (χ1v) is 7.62. The Morgan fingerprint density at radius 3 is 2.38 bits per heavy atom. The van der Waals surface area contributed by atoms with Gasteiger partial charge in [-0.15, -0.1) is 0 Å². The number of halogens is 3. The van der Waals surface area contributed by atoms with Crippen molar-refractivity contribution in [3.8, 4) is 0 Å². The fraction of sp³-hybridized carbons (Fsp3) is 0.583. The molecule has 5 nitrogen and oxygen atoms in total. The van der Waals surface area contributed by atoms with E-state index >= 15 is 0 Å². The second-order valence-corrected chi connectivity index (χ2v) is 6.28. The molecular formula is C12H17F3N2O3S. The lowest BCUT2D eigenvalue weighted by atomic mass is 10.3. The molecule has 9 heteroatoms. The van der Waals surface area contributed by atoms with Crippen LogP contribution >= 0.6 is 0 Å². The van der Waals surface area contributed by atoms with E-state index in [1.54, 1.807) is 13.8 Å². The maximum Gasteiger partial charge on any atom is 0.433 e. The molecule has 0 fully saturated rings. The Labute approximate surface area is 121 Å². The van der Waals surface area contributed by atoms with Gasteiger partial charge in [0.05, 0.1) is 6.61 Å². The Kier molecular flexibility index (Phi) is 5.71. The van der Waals surface area contributed by atoms with Crippen LogP contribution in [0.4, 0.5) is 13.2 Å². The molecule has 0 amide bonds. The molecule has 0 unspecified atom stereocenters. The van der Waals surface area contributed by atoms with Crippen LogP contribution in [0.5, 0.6) is 0 Å². The van der Waals surface area contributed by atoms with E-state index < -0.39 is 27.9 Å². The van der Waals surface area contributed by atoms with E-state index in [9.17, 15) is 21.6 Å². The molecule has 21 heavy (non-hydrogen) atoms. The van der Waals surface area contributed by atoms with Crippen LogP contribution < -0.4 is 0 Å². The Bertz CT molecular complexity index is 558. The van der Waals surface area contributed by atoms with Gasteiger partial charge >= 0.3 is 6.18 Å². The lowest BCUT2D eigenvalue weighted by Crippen LogP contribution is -2.40. The predicted octanol–water partition coefficient (Wildman–Crippen LogP) is 2.15. The van der Waals surface area contributed by atoms with Gasteiger partial charge < -0.3 is 4.74 Å². The Balaban J connectivity index is 3.12.